The van der Waals surface area contributed by atoms with E-state index in [-0.39, 0.29) is 11.9 Å². The molecular formula is C17H19ClFN. The lowest BCUT2D eigenvalue weighted by molar-refractivity contribution is 0.570. The molecule has 2 rings (SSSR count). The predicted octanol–water partition coefficient (Wildman–Crippen LogP) is 4.95. The molecule has 0 saturated carbocycles. The van der Waals surface area contributed by atoms with Crippen LogP contribution in [0.4, 0.5) is 4.39 Å². The minimum Gasteiger partial charge on any atom is -0.306 e. The fourth-order valence-electron chi connectivity index (χ4n) is 2.30. The van der Waals surface area contributed by atoms with Crippen molar-refractivity contribution in [2.75, 3.05) is 0 Å². The van der Waals surface area contributed by atoms with Crippen molar-refractivity contribution >= 4 is 11.6 Å². The van der Waals surface area contributed by atoms with Crippen LogP contribution in [0.2, 0.25) is 5.02 Å². The summed E-state index contributed by atoms with van der Waals surface area (Å²) in [6.07, 6.45) is 0. The highest BCUT2D eigenvalue weighted by Crippen LogP contribution is 2.19. The zero-order valence-corrected chi connectivity index (χ0v) is 12.8. The molecule has 0 radical (unpaired) electrons. The van der Waals surface area contributed by atoms with Crippen LogP contribution in [-0.4, -0.2) is 0 Å². The molecular weight excluding hydrogens is 273 g/mol. The van der Waals surface area contributed by atoms with E-state index in [0.29, 0.717) is 17.7 Å². The van der Waals surface area contributed by atoms with Gasteiger partial charge in [-0.15, -0.1) is 0 Å². The zero-order chi connectivity index (χ0) is 14.7. The third kappa shape index (κ3) is 3.59. The Morgan fingerprint density at radius 3 is 2.40 bits per heavy atom. The minimum atomic E-state index is -0.114. The fourth-order valence-corrected chi connectivity index (χ4v) is 2.50. The monoisotopic (exact) mass is 291 g/mol. The molecule has 0 aliphatic heterocycles. The van der Waals surface area contributed by atoms with Gasteiger partial charge < -0.3 is 5.32 Å². The van der Waals surface area contributed by atoms with Gasteiger partial charge in [-0.2, -0.15) is 0 Å². The van der Waals surface area contributed by atoms with E-state index in [1.54, 1.807) is 13.8 Å². The van der Waals surface area contributed by atoms with Crippen molar-refractivity contribution in [3.63, 3.8) is 0 Å². The van der Waals surface area contributed by atoms with Crippen LogP contribution in [0.3, 0.4) is 0 Å². The number of rotatable bonds is 4. The average molecular weight is 292 g/mol. The van der Waals surface area contributed by atoms with Crippen molar-refractivity contribution in [3.05, 3.63) is 69.5 Å². The maximum absolute atomic E-state index is 13.6. The molecule has 2 aromatic carbocycles. The van der Waals surface area contributed by atoms with Gasteiger partial charge in [-0.3, -0.25) is 0 Å². The van der Waals surface area contributed by atoms with Gasteiger partial charge in [0.05, 0.1) is 0 Å². The number of aryl methyl sites for hydroxylation is 2. The van der Waals surface area contributed by atoms with Gasteiger partial charge >= 0.3 is 0 Å². The highest BCUT2D eigenvalue weighted by molar-refractivity contribution is 6.30. The molecule has 3 heteroatoms. The molecule has 106 valence electrons. The predicted molar refractivity (Wildman–Crippen MR) is 82.6 cm³/mol. The maximum atomic E-state index is 13.6. The van der Waals surface area contributed by atoms with Crippen molar-refractivity contribution in [2.24, 2.45) is 0 Å². The van der Waals surface area contributed by atoms with E-state index >= 15 is 0 Å². The van der Waals surface area contributed by atoms with Gasteiger partial charge in [-0.1, -0.05) is 35.9 Å². The Bertz CT molecular complexity index is 587. The zero-order valence-electron chi connectivity index (χ0n) is 12.0. The topological polar surface area (TPSA) is 12.0 Å². The van der Waals surface area contributed by atoms with Gasteiger partial charge in [0.1, 0.15) is 5.82 Å². The standard InChI is InChI=1S/C17H19ClFN/c1-11-7-14(8-12(2)17(11)19)10-20-13(3)15-5-4-6-16(18)9-15/h4-9,13,20H,10H2,1-3H3. The summed E-state index contributed by atoms with van der Waals surface area (Å²) < 4.78 is 13.6. The smallest absolute Gasteiger partial charge is 0.129 e. The number of hydrogen-bond donors (Lipinski definition) is 1. The van der Waals surface area contributed by atoms with Crippen molar-refractivity contribution in [3.8, 4) is 0 Å². The molecule has 2 aromatic rings. The summed E-state index contributed by atoms with van der Waals surface area (Å²) in [4.78, 5) is 0. The van der Waals surface area contributed by atoms with Crippen LogP contribution in [0, 0.1) is 19.7 Å². The molecule has 0 aliphatic carbocycles. The largest absolute Gasteiger partial charge is 0.306 e. The lowest BCUT2D eigenvalue weighted by atomic mass is 10.0. The van der Waals surface area contributed by atoms with Crippen LogP contribution in [-0.2, 0) is 6.54 Å². The Balaban J connectivity index is 2.05. The third-order valence-corrected chi connectivity index (χ3v) is 3.69. The van der Waals surface area contributed by atoms with Gasteiger partial charge in [0.15, 0.2) is 0 Å². The van der Waals surface area contributed by atoms with Crippen LogP contribution in [0.15, 0.2) is 36.4 Å². The normalized spacial score (nSPS) is 12.4. The summed E-state index contributed by atoms with van der Waals surface area (Å²) in [5.41, 5.74) is 3.62. The molecule has 0 heterocycles. The molecule has 20 heavy (non-hydrogen) atoms. The van der Waals surface area contributed by atoms with Crippen LogP contribution < -0.4 is 5.32 Å². The summed E-state index contributed by atoms with van der Waals surface area (Å²) in [7, 11) is 0. The fraction of sp³-hybridized carbons (Fsp3) is 0.294. The Morgan fingerprint density at radius 1 is 1.15 bits per heavy atom. The number of hydrogen-bond acceptors (Lipinski definition) is 1. The average Bonchev–Trinajstić information content (AvgIpc) is 2.42. The highest BCUT2D eigenvalue weighted by Gasteiger charge is 2.07. The van der Waals surface area contributed by atoms with Gasteiger partial charge in [-0.25, -0.2) is 4.39 Å². The minimum absolute atomic E-state index is 0.114. The molecule has 0 aromatic heterocycles. The SMILES string of the molecule is Cc1cc(CNC(C)c2cccc(Cl)c2)cc(C)c1F. The van der Waals surface area contributed by atoms with Crippen molar-refractivity contribution < 1.29 is 4.39 Å². The van der Waals surface area contributed by atoms with E-state index in [9.17, 15) is 4.39 Å². The number of nitrogens with one attached hydrogen (secondary N) is 1. The first-order valence-corrected chi connectivity index (χ1v) is 7.09. The lowest BCUT2D eigenvalue weighted by Gasteiger charge is -2.15. The first kappa shape index (κ1) is 15.0. The van der Waals surface area contributed by atoms with E-state index in [2.05, 4.69) is 12.2 Å². The number of benzene rings is 2. The number of halogens is 2. The van der Waals surface area contributed by atoms with Crippen LogP contribution in [0.25, 0.3) is 0 Å². The van der Waals surface area contributed by atoms with Crippen molar-refractivity contribution in [2.45, 2.75) is 33.4 Å². The molecule has 0 bridgehead atoms. The summed E-state index contributed by atoms with van der Waals surface area (Å²) >= 11 is 6.00. The summed E-state index contributed by atoms with van der Waals surface area (Å²) in [6.45, 7) is 6.39. The van der Waals surface area contributed by atoms with Gasteiger partial charge in [-0.05, 0) is 55.2 Å². The highest BCUT2D eigenvalue weighted by atomic mass is 35.5. The second-order valence-corrected chi connectivity index (χ2v) is 5.64. The molecule has 1 atom stereocenters. The van der Waals surface area contributed by atoms with Crippen LogP contribution in [0.5, 0.6) is 0 Å². The second kappa shape index (κ2) is 6.38. The molecule has 1 unspecified atom stereocenters. The Morgan fingerprint density at radius 2 is 1.80 bits per heavy atom. The molecule has 0 spiro atoms. The van der Waals surface area contributed by atoms with E-state index < -0.39 is 0 Å². The first-order chi connectivity index (χ1) is 9.47. The van der Waals surface area contributed by atoms with E-state index in [1.807, 2.05) is 36.4 Å². The lowest BCUT2D eigenvalue weighted by Crippen LogP contribution is -2.18. The molecule has 1 nitrogen and oxygen atoms in total. The van der Waals surface area contributed by atoms with Gasteiger partial charge in [0, 0.05) is 17.6 Å². The molecule has 1 N–H and O–H groups in total. The van der Waals surface area contributed by atoms with Crippen LogP contribution >= 0.6 is 11.6 Å². The van der Waals surface area contributed by atoms with Crippen LogP contribution in [0.1, 0.15) is 35.2 Å². The molecule has 0 saturated heterocycles. The Labute approximate surface area is 124 Å². The van der Waals surface area contributed by atoms with E-state index in [4.69, 9.17) is 11.6 Å². The quantitative estimate of drug-likeness (QED) is 0.841. The molecule has 0 amide bonds. The Kier molecular flexibility index (Phi) is 4.79. The van der Waals surface area contributed by atoms with Crippen molar-refractivity contribution in [1.29, 1.82) is 0 Å². The second-order valence-electron chi connectivity index (χ2n) is 5.20. The van der Waals surface area contributed by atoms with E-state index in [0.717, 1.165) is 16.1 Å². The van der Waals surface area contributed by atoms with Gasteiger partial charge in [0.2, 0.25) is 0 Å². The molecule has 0 fully saturated rings. The van der Waals surface area contributed by atoms with Crippen molar-refractivity contribution in [1.82, 2.24) is 5.32 Å². The summed E-state index contributed by atoms with van der Waals surface area (Å²) in [6, 6.07) is 11.8. The molecule has 0 aliphatic rings. The summed E-state index contributed by atoms with van der Waals surface area (Å²) in [5.74, 6) is -0.114. The van der Waals surface area contributed by atoms with Gasteiger partial charge in [0.25, 0.3) is 0 Å². The summed E-state index contributed by atoms with van der Waals surface area (Å²) in [5, 5.41) is 4.18. The maximum Gasteiger partial charge on any atom is 0.129 e. The third-order valence-electron chi connectivity index (χ3n) is 3.46. The Hall–Kier alpha value is -1.38. The van der Waals surface area contributed by atoms with E-state index in [1.165, 1.54) is 0 Å². The first-order valence-electron chi connectivity index (χ1n) is 6.72.